The molecule has 2 aliphatic heterocycles. The quantitative estimate of drug-likeness (QED) is 0.430. The van der Waals surface area contributed by atoms with Gasteiger partial charge in [-0.15, -0.1) is 0 Å². The lowest BCUT2D eigenvalue weighted by Crippen LogP contribution is -2.59. The average molecular weight is 559 g/mol. The zero-order chi connectivity index (χ0) is 28.3. The summed E-state index contributed by atoms with van der Waals surface area (Å²) in [5.41, 5.74) is 2.34. The molecule has 2 aromatic carbocycles. The van der Waals surface area contributed by atoms with Gasteiger partial charge in [-0.25, -0.2) is 0 Å². The van der Waals surface area contributed by atoms with Crippen LogP contribution in [0.1, 0.15) is 61.4 Å². The number of amides is 3. The van der Waals surface area contributed by atoms with Gasteiger partial charge in [0.05, 0.1) is 0 Å². The number of aromatic amines is 1. The molecule has 3 aliphatic rings. The van der Waals surface area contributed by atoms with Gasteiger partial charge < -0.3 is 29.6 Å². The highest BCUT2D eigenvalue weighted by atomic mass is 16.7. The first-order valence-electron chi connectivity index (χ1n) is 14.8. The molecular weight excluding hydrogens is 520 g/mol. The molecule has 6 rings (SSSR count). The Labute approximate surface area is 240 Å². The van der Waals surface area contributed by atoms with Gasteiger partial charge in [0, 0.05) is 61.2 Å². The van der Waals surface area contributed by atoms with Crippen LogP contribution in [0.25, 0.3) is 10.9 Å². The first kappa shape index (κ1) is 27.2. The molecule has 3 heterocycles. The highest BCUT2D eigenvalue weighted by molar-refractivity contribution is 5.98. The molecule has 0 unspecified atom stereocenters. The number of rotatable bonds is 8. The molecule has 1 aliphatic carbocycles. The van der Waals surface area contributed by atoms with Crippen LogP contribution in [0.15, 0.2) is 48.7 Å². The zero-order valence-corrected chi connectivity index (χ0v) is 23.6. The maximum atomic E-state index is 14.0. The number of aromatic nitrogens is 1. The lowest BCUT2D eigenvalue weighted by molar-refractivity contribution is -0.143. The van der Waals surface area contributed by atoms with Gasteiger partial charge in [0.2, 0.25) is 18.6 Å². The van der Waals surface area contributed by atoms with Crippen LogP contribution in [0.2, 0.25) is 0 Å². The number of carbonyl (C=O) groups excluding carboxylic acids is 3. The van der Waals surface area contributed by atoms with E-state index in [9.17, 15) is 14.4 Å². The Hall–Kier alpha value is -4.01. The van der Waals surface area contributed by atoms with E-state index in [1.807, 2.05) is 42.3 Å². The van der Waals surface area contributed by atoms with E-state index in [2.05, 4.69) is 10.3 Å². The molecule has 2 atom stereocenters. The summed E-state index contributed by atoms with van der Waals surface area (Å²) in [6.07, 6.45) is 8.82. The minimum Gasteiger partial charge on any atom is -0.454 e. The molecule has 3 aromatic rings. The van der Waals surface area contributed by atoms with Crippen molar-refractivity contribution in [2.45, 2.75) is 64.0 Å². The van der Waals surface area contributed by atoms with Gasteiger partial charge >= 0.3 is 0 Å². The number of H-pyrrole nitrogens is 1. The third-order valence-electron chi connectivity index (χ3n) is 8.84. The van der Waals surface area contributed by atoms with Crippen molar-refractivity contribution in [1.29, 1.82) is 0 Å². The topological polar surface area (TPSA) is 104 Å². The molecule has 1 saturated carbocycles. The number of hydrogen-bond acceptors (Lipinski definition) is 5. The number of piperazine rings is 1. The van der Waals surface area contributed by atoms with Crippen molar-refractivity contribution in [3.8, 4) is 11.5 Å². The van der Waals surface area contributed by atoms with Crippen molar-refractivity contribution < 1.29 is 23.9 Å². The first-order valence-corrected chi connectivity index (χ1v) is 14.8. The van der Waals surface area contributed by atoms with E-state index in [0.29, 0.717) is 55.5 Å². The minimum atomic E-state index is -0.774. The summed E-state index contributed by atoms with van der Waals surface area (Å²) in [5.74, 6) is 1.47. The summed E-state index contributed by atoms with van der Waals surface area (Å²) in [5, 5.41) is 4.03. The normalized spacial score (nSPS) is 19.5. The Morgan fingerprint density at radius 1 is 1.05 bits per heavy atom. The Morgan fingerprint density at radius 2 is 1.85 bits per heavy atom. The van der Waals surface area contributed by atoms with Crippen molar-refractivity contribution in [1.82, 2.24) is 20.1 Å². The van der Waals surface area contributed by atoms with Crippen LogP contribution in [0.3, 0.4) is 0 Å². The fraction of sp³-hybridized carbons (Fsp3) is 0.469. The molecule has 1 aromatic heterocycles. The second kappa shape index (κ2) is 11.8. The van der Waals surface area contributed by atoms with Crippen molar-refractivity contribution in [2.75, 3.05) is 26.4 Å². The summed E-state index contributed by atoms with van der Waals surface area (Å²) >= 11 is 0. The number of carbonyl (C=O) groups is 3. The van der Waals surface area contributed by atoms with Crippen LogP contribution in [-0.2, 0) is 16.0 Å². The van der Waals surface area contributed by atoms with Gasteiger partial charge in [0.25, 0.3) is 5.91 Å². The largest absolute Gasteiger partial charge is 0.454 e. The number of para-hydroxylation sites is 1. The molecule has 0 radical (unpaired) electrons. The highest BCUT2D eigenvalue weighted by Gasteiger charge is 2.34. The number of nitrogens with zero attached hydrogens (tertiary/aromatic N) is 2. The summed E-state index contributed by atoms with van der Waals surface area (Å²) in [6.45, 7) is 3.52. The van der Waals surface area contributed by atoms with Crippen LogP contribution in [0, 0.1) is 5.92 Å². The SMILES string of the molecule is C[C@@H]1CN(C(=O)[C@H](Cc2c[nH]c3ccccc23)NC(=O)c2ccc3c(c2)OCO3)CCN1C(=O)CCC1CCCC1. The molecule has 0 bridgehead atoms. The third-order valence-corrected chi connectivity index (χ3v) is 8.84. The molecule has 1 saturated heterocycles. The summed E-state index contributed by atoms with van der Waals surface area (Å²) in [7, 11) is 0. The number of nitrogens with one attached hydrogen (secondary N) is 2. The van der Waals surface area contributed by atoms with Crippen LogP contribution < -0.4 is 14.8 Å². The predicted octanol–water partition coefficient (Wildman–Crippen LogP) is 4.27. The molecular formula is C32H38N4O5. The van der Waals surface area contributed by atoms with Crippen molar-refractivity contribution in [2.24, 2.45) is 5.92 Å². The number of fused-ring (bicyclic) bond motifs is 2. The van der Waals surface area contributed by atoms with Gasteiger partial charge in [-0.05, 0) is 49.1 Å². The van der Waals surface area contributed by atoms with Gasteiger partial charge in [0.1, 0.15) is 6.04 Å². The van der Waals surface area contributed by atoms with Crippen molar-refractivity contribution in [3.05, 3.63) is 59.8 Å². The number of benzene rings is 2. The summed E-state index contributed by atoms with van der Waals surface area (Å²) in [6, 6.07) is 12.1. The minimum absolute atomic E-state index is 0.0814. The van der Waals surface area contributed by atoms with E-state index >= 15 is 0 Å². The second-order valence-corrected chi connectivity index (χ2v) is 11.6. The molecule has 2 N–H and O–H groups in total. The second-order valence-electron chi connectivity index (χ2n) is 11.6. The Bertz CT molecular complexity index is 1430. The predicted molar refractivity (Wildman–Crippen MR) is 155 cm³/mol. The number of hydrogen-bond donors (Lipinski definition) is 2. The van der Waals surface area contributed by atoms with E-state index in [1.165, 1.54) is 25.7 Å². The van der Waals surface area contributed by atoms with E-state index in [4.69, 9.17) is 9.47 Å². The van der Waals surface area contributed by atoms with Gasteiger partial charge in [-0.3, -0.25) is 14.4 Å². The molecule has 2 fully saturated rings. The summed E-state index contributed by atoms with van der Waals surface area (Å²) < 4.78 is 10.8. The molecule has 9 nitrogen and oxygen atoms in total. The fourth-order valence-corrected chi connectivity index (χ4v) is 6.52. The maximum absolute atomic E-state index is 14.0. The van der Waals surface area contributed by atoms with Crippen LogP contribution in [0.4, 0.5) is 0 Å². The van der Waals surface area contributed by atoms with Gasteiger partial charge in [-0.2, -0.15) is 0 Å². The van der Waals surface area contributed by atoms with Crippen LogP contribution >= 0.6 is 0 Å². The average Bonchev–Trinajstić information content (AvgIpc) is 3.76. The fourth-order valence-electron chi connectivity index (χ4n) is 6.52. The lowest BCUT2D eigenvalue weighted by Gasteiger charge is -2.41. The smallest absolute Gasteiger partial charge is 0.252 e. The Kier molecular flexibility index (Phi) is 7.85. The van der Waals surface area contributed by atoms with Gasteiger partial charge in [-0.1, -0.05) is 43.9 Å². The van der Waals surface area contributed by atoms with Gasteiger partial charge in [0.15, 0.2) is 11.5 Å². The van der Waals surface area contributed by atoms with E-state index in [1.54, 1.807) is 23.1 Å². The molecule has 0 spiro atoms. The molecule has 9 heteroatoms. The number of ether oxygens (including phenoxy) is 2. The van der Waals surface area contributed by atoms with Crippen molar-refractivity contribution >= 4 is 28.6 Å². The Morgan fingerprint density at radius 3 is 2.68 bits per heavy atom. The van der Waals surface area contributed by atoms with Crippen LogP contribution in [0.5, 0.6) is 11.5 Å². The third kappa shape index (κ3) is 5.89. The lowest BCUT2D eigenvalue weighted by atomic mass is 10.0. The monoisotopic (exact) mass is 558 g/mol. The van der Waals surface area contributed by atoms with Crippen molar-refractivity contribution in [3.63, 3.8) is 0 Å². The maximum Gasteiger partial charge on any atom is 0.252 e. The van der Waals surface area contributed by atoms with E-state index in [-0.39, 0.29) is 30.6 Å². The molecule has 216 valence electrons. The Balaban J connectivity index is 1.16. The molecule has 41 heavy (non-hydrogen) atoms. The van der Waals surface area contributed by atoms with Crippen LogP contribution in [-0.4, -0.2) is 71.0 Å². The zero-order valence-electron chi connectivity index (χ0n) is 23.6. The van der Waals surface area contributed by atoms with E-state index < -0.39 is 6.04 Å². The first-order chi connectivity index (χ1) is 20.0. The summed E-state index contributed by atoms with van der Waals surface area (Å²) in [4.78, 5) is 47.4. The van der Waals surface area contributed by atoms with E-state index in [0.717, 1.165) is 22.9 Å². The standard InChI is InChI=1S/C32H38N4O5/c1-21-19-35(14-15-36(21)30(37)13-10-22-6-2-3-7-22)32(39)27(16-24-18-33-26-9-5-4-8-25(24)26)34-31(38)23-11-12-28-29(17-23)41-20-40-28/h4-5,8-9,11-12,17-18,21-22,27,33H,2-3,6-7,10,13-16,19-20H2,1H3,(H,34,38)/t21-,27+/m1/s1. The highest BCUT2D eigenvalue weighted by Crippen LogP contribution is 2.33. The molecule has 3 amide bonds.